The zero-order valence-corrected chi connectivity index (χ0v) is 13.2. The van der Waals surface area contributed by atoms with Crippen molar-refractivity contribution in [1.82, 2.24) is 5.32 Å². The monoisotopic (exact) mass is 314 g/mol. The summed E-state index contributed by atoms with van der Waals surface area (Å²) >= 11 is 0. The van der Waals surface area contributed by atoms with Crippen LogP contribution in [-0.2, 0) is 13.1 Å². The van der Waals surface area contributed by atoms with Gasteiger partial charge in [0.15, 0.2) is 0 Å². The minimum Gasteiger partial charge on any atom is -0.393 e. The number of hydrogen-bond donors (Lipinski definition) is 2. The Morgan fingerprint density at radius 2 is 1.70 bits per heavy atom. The molecule has 1 aliphatic rings. The zero-order valence-electron chi connectivity index (χ0n) is 13.2. The highest BCUT2D eigenvalue weighted by molar-refractivity contribution is 5.49. The van der Waals surface area contributed by atoms with Crippen molar-refractivity contribution >= 4 is 5.69 Å². The molecule has 1 fully saturated rings. The number of anilines is 1. The second-order valence-corrected chi connectivity index (χ2v) is 6.09. The van der Waals surface area contributed by atoms with Crippen molar-refractivity contribution in [3.63, 3.8) is 0 Å². The second kappa shape index (κ2) is 7.57. The van der Waals surface area contributed by atoms with Crippen LogP contribution in [0.25, 0.3) is 0 Å². The number of nitrogens with zero attached hydrogens (tertiary/aromatic N) is 1. The van der Waals surface area contributed by atoms with E-state index in [4.69, 9.17) is 0 Å². The summed E-state index contributed by atoms with van der Waals surface area (Å²) in [5.74, 6) is -0.180. The Kier molecular flexibility index (Phi) is 5.26. The number of halogens is 1. The first-order valence-corrected chi connectivity index (χ1v) is 8.18. The third kappa shape index (κ3) is 4.30. The predicted octanol–water partition coefficient (Wildman–Crippen LogP) is 3.08. The van der Waals surface area contributed by atoms with Gasteiger partial charge in [0.25, 0.3) is 0 Å². The van der Waals surface area contributed by atoms with Crippen molar-refractivity contribution in [2.24, 2.45) is 0 Å². The highest BCUT2D eigenvalue weighted by atomic mass is 19.1. The van der Waals surface area contributed by atoms with E-state index < -0.39 is 0 Å². The molecule has 0 aromatic heterocycles. The Hall–Kier alpha value is -1.91. The van der Waals surface area contributed by atoms with Crippen LogP contribution in [0.3, 0.4) is 0 Å². The third-order valence-corrected chi connectivity index (χ3v) is 4.32. The molecule has 1 aliphatic heterocycles. The maximum Gasteiger partial charge on any atom is 0.146 e. The van der Waals surface area contributed by atoms with Crippen LogP contribution < -0.4 is 10.2 Å². The van der Waals surface area contributed by atoms with Gasteiger partial charge in [0.2, 0.25) is 0 Å². The molecule has 0 amide bonds. The molecule has 1 heterocycles. The Labute approximate surface area is 136 Å². The van der Waals surface area contributed by atoms with E-state index in [1.165, 1.54) is 5.56 Å². The first-order chi connectivity index (χ1) is 11.2. The summed E-state index contributed by atoms with van der Waals surface area (Å²) in [4.78, 5) is 2.02. The minimum absolute atomic E-state index is 0.180. The standard InChI is InChI=1S/C19H23FN2O/c20-18-12-16(14-21-13-15-4-2-1-3-5-15)6-7-19(18)22-10-8-17(23)9-11-22/h1-7,12,17,21,23H,8-11,13-14H2. The number of piperidine rings is 1. The fourth-order valence-corrected chi connectivity index (χ4v) is 2.97. The zero-order chi connectivity index (χ0) is 16.1. The van der Waals surface area contributed by atoms with Crippen LogP contribution in [0.2, 0.25) is 0 Å². The third-order valence-electron chi connectivity index (χ3n) is 4.32. The maximum atomic E-state index is 14.4. The average molecular weight is 314 g/mol. The summed E-state index contributed by atoms with van der Waals surface area (Å²) in [6.45, 7) is 2.84. The molecule has 2 aromatic carbocycles. The Morgan fingerprint density at radius 1 is 1.00 bits per heavy atom. The molecule has 0 bridgehead atoms. The first-order valence-electron chi connectivity index (χ1n) is 8.18. The van der Waals surface area contributed by atoms with Crippen molar-refractivity contribution in [3.05, 3.63) is 65.5 Å². The molecule has 0 aliphatic carbocycles. The molecule has 23 heavy (non-hydrogen) atoms. The van der Waals surface area contributed by atoms with E-state index >= 15 is 0 Å². The van der Waals surface area contributed by atoms with Gasteiger partial charge in [-0.3, -0.25) is 0 Å². The van der Waals surface area contributed by atoms with Gasteiger partial charge in [-0.1, -0.05) is 36.4 Å². The van der Waals surface area contributed by atoms with Gasteiger partial charge in [0, 0.05) is 26.2 Å². The molecule has 3 nitrogen and oxygen atoms in total. The lowest BCUT2D eigenvalue weighted by atomic mass is 10.1. The Morgan fingerprint density at radius 3 is 2.39 bits per heavy atom. The number of benzene rings is 2. The molecule has 1 saturated heterocycles. The first kappa shape index (κ1) is 16.0. The molecule has 122 valence electrons. The average Bonchev–Trinajstić information content (AvgIpc) is 2.57. The van der Waals surface area contributed by atoms with Crippen LogP contribution >= 0.6 is 0 Å². The fraction of sp³-hybridized carbons (Fsp3) is 0.368. The van der Waals surface area contributed by atoms with Gasteiger partial charge in [0.05, 0.1) is 11.8 Å². The van der Waals surface area contributed by atoms with Crippen LogP contribution in [0, 0.1) is 5.82 Å². The van der Waals surface area contributed by atoms with E-state index in [0.717, 1.165) is 12.1 Å². The van der Waals surface area contributed by atoms with Crippen molar-refractivity contribution in [2.75, 3.05) is 18.0 Å². The van der Waals surface area contributed by atoms with Crippen LogP contribution in [0.5, 0.6) is 0 Å². The molecule has 2 N–H and O–H groups in total. The highest BCUT2D eigenvalue weighted by Gasteiger charge is 2.19. The summed E-state index contributed by atoms with van der Waals surface area (Å²) in [5.41, 5.74) is 2.81. The number of aliphatic hydroxyl groups excluding tert-OH is 1. The molecule has 4 heteroatoms. The van der Waals surface area contributed by atoms with E-state index in [0.29, 0.717) is 38.2 Å². The number of nitrogens with one attached hydrogen (secondary N) is 1. The maximum absolute atomic E-state index is 14.4. The van der Waals surface area contributed by atoms with Gasteiger partial charge >= 0.3 is 0 Å². The van der Waals surface area contributed by atoms with Gasteiger partial charge in [-0.25, -0.2) is 4.39 Å². The van der Waals surface area contributed by atoms with Gasteiger partial charge in [-0.15, -0.1) is 0 Å². The van der Waals surface area contributed by atoms with E-state index in [-0.39, 0.29) is 11.9 Å². The topological polar surface area (TPSA) is 35.5 Å². The van der Waals surface area contributed by atoms with Gasteiger partial charge in [-0.05, 0) is 36.1 Å². The molecule has 0 unspecified atom stereocenters. The fourth-order valence-electron chi connectivity index (χ4n) is 2.97. The largest absolute Gasteiger partial charge is 0.393 e. The predicted molar refractivity (Wildman–Crippen MR) is 90.8 cm³/mol. The van der Waals surface area contributed by atoms with E-state index in [1.54, 1.807) is 6.07 Å². The van der Waals surface area contributed by atoms with Crippen molar-refractivity contribution in [2.45, 2.75) is 32.0 Å². The number of rotatable bonds is 5. The number of hydrogen-bond acceptors (Lipinski definition) is 3. The van der Waals surface area contributed by atoms with E-state index in [2.05, 4.69) is 17.4 Å². The Balaban J connectivity index is 1.56. The molecular formula is C19H23FN2O. The van der Waals surface area contributed by atoms with E-state index in [1.807, 2.05) is 35.2 Å². The van der Waals surface area contributed by atoms with Crippen molar-refractivity contribution in [1.29, 1.82) is 0 Å². The molecule has 0 radical (unpaired) electrons. The van der Waals surface area contributed by atoms with Gasteiger partial charge in [-0.2, -0.15) is 0 Å². The molecule has 0 saturated carbocycles. The molecule has 0 spiro atoms. The Bertz CT molecular complexity index is 625. The van der Waals surface area contributed by atoms with Crippen LogP contribution in [0.1, 0.15) is 24.0 Å². The molecule has 3 rings (SSSR count). The van der Waals surface area contributed by atoms with E-state index in [9.17, 15) is 9.50 Å². The molecule has 2 aromatic rings. The highest BCUT2D eigenvalue weighted by Crippen LogP contribution is 2.24. The van der Waals surface area contributed by atoms with Crippen LogP contribution in [0.15, 0.2) is 48.5 Å². The minimum atomic E-state index is -0.240. The lowest BCUT2D eigenvalue weighted by molar-refractivity contribution is 0.145. The summed E-state index contributed by atoms with van der Waals surface area (Å²) in [7, 11) is 0. The van der Waals surface area contributed by atoms with Crippen molar-refractivity contribution in [3.8, 4) is 0 Å². The van der Waals surface area contributed by atoms with Gasteiger partial charge < -0.3 is 15.3 Å². The normalized spacial score (nSPS) is 15.8. The summed E-state index contributed by atoms with van der Waals surface area (Å²) in [6, 6.07) is 15.6. The second-order valence-electron chi connectivity index (χ2n) is 6.09. The van der Waals surface area contributed by atoms with Crippen LogP contribution in [0.4, 0.5) is 10.1 Å². The summed E-state index contributed by atoms with van der Waals surface area (Å²) < 4.78 is 14.4. The smallest absolute Gasteiger partial charge is 0.146 e. The number of aliphatic hydroxyl groups is 1. The van der Waals surface area contributed by atoms with Gasteiger partial charge in [0.1, 0.15) is 5.82 Å². The lowest BCUT2D eigenvalue weighted by Gasteiger charge is -2.31. The summed E-state index contributed by atoms with van der Waals surface area (Å²) in [5, 5.41) is 12.9. The lowest BCUT2D eigenvalue weighted by Crippen LogP contribution is -2.36. The van der Waals surface area contributed by atoms with Crippen LogP contribution in [-0.4, -0.2) is 24.3 Å². The van der Waals surface area contributed by atoms with Crippen molar-refractivity contribution < 1.29 is 9.50 Å². The molecule has 0 atom stereocenters. The SMILES string of the molecule is OC1CCN(c2ccc(CNCc3ccccc3)cc2F)CC1. The quantitative estimate of drug-likeness (QED) is 0.890. The summed E-state index contributed by atoms with van der Waals surface area (Å²) in [6.07, 6.45) is 1.18. The molecular weight excluding hydrogens is 291 g/mol.